The Labute approximate surface area is 107 Å². The molecule has 0 radical (unpaired) electrons. The summed E-state index contributed by atoms with van der Waals surface area (Å²) >= 11 is 3.38. The Morgan fingerprint density at radius 1 is 1.18 bits per heavy atom. The zero-order chi connectivity index (χ0) is 12.1. The smallest absolute Gasteiger partial charge is 0.182 e. The Kier molecular flexibility index (Phi) is 3.68. The van der Waals surface area contributed by atoms with Crippen molar-refractivity contribution in [1.29, 1.82) is 5.26 Å². The highest BCUT2D eigenvalue weighted by atomic mass is 79.9. The van der Waals surface area contributed by atoms with Gasteiger partial charge >= 0.3 is 0 Å². The second kappa shape index (κ2) is 5.41. The first-order chi connectivity index (χ1) is 8.29. The predicted molar refractivity (Wildman–Crippen MR) is 68.2 cm³/mol. The molecule has 0 amide bonds. The standard InChI is InChI=1S/C12H9BrN4/c13-10-3-1-9(2-4-10)8-17-12-11(7-14)15-5-6-16-12/h1-6H,8H2,(H,16,17). The fraction of sp³-hybridized carbons (Fsp3) is 0.0833. The first-order valence-electron chi connectivity index (χ1n) is 4.99. The van der Waals surface area contributed by atoms with Gasteiger partial charge in [-0.15, -0.1) is 0 Å². The number of halogens is 1. The Morgan fingerprint density at radius 3 is 2.59 bits per heavy atom. The zero-order valence-corrected chi connectivity index (χ0v) is 10.5. The van der Waals surface area contributed by atoms with Crippen molar-refractivity contribution in [2.45, 2.75) is 6.54 Å². The summed E-state index contributed by atoms with van der Waals surface area (Å²) in [4.78, 5) is 8.01. The van der Waals surface area contributed by atoms with Crippen LogP contribution in [-0.4, -0.2) is 9.97 Å². The number of aromatic nitrogens is 2. The molecular weight excluding hydrogens is 280 g/mol. The maximum absolute atomic E-state index is 8.85. The minimum Gasteiger partial charge on any atom is -0.364 e. The number of benzene rings is 1. The van der Waals surface area contributed by atoms with E-state index in [1.165, 1.54) is 6.20 Å². The number of nitriles is 1. The van der Waals surface area contributed by atoms with Crippen LogP contribution in [0.4, 0.5) is 5.82 Å². The van der Waals surface area contributed by atoms with E-state index in [1.54, 1.807) is 6.20 Å². The van der Waals surface area contributed by atoms with Crippen LogP contribution in [0.1, 0.15) is 11.3 Å². The third kappa shape index (κ3) is 3.02. The third-order valence-electron chi connectivity index (χ3n) is 2.18. The van der Waals surface area contributed by atoms with Crippen LogP contribution in [0.3, 0.4) is 0 Å². The van der Waals surface area contributed by atoms with Crippen LogP contribution >= 0.6 is 15.9 Å². The summed E-state index contributed by atoms with van der Waals surface area (Å²) in [5.41, 5.74) is 1.42. The number of hydrogen-bond acceptors (Lipinski definition) is 4. The molecule has 1 N–H and O–H groups in total. The van der Waals surface area contributed by atoms with Crippen molar-refractivity contribution < 1.29 is 0 Å². The molecule has 0 aliphatic carbocycles. The lowest BCUT2D eigenvalue weighted by atomic mass is 10.2. The molecule has 1 aromatic heterocycles. The lowest BCUT2D eigenvalue weighted by Gasteiger charge is -2.06. The lowest BCUT2D eigenvalue weighted by Crippen LogP contribution is -2.04. The van der Waals surface area contributed by atoms with Gasteiger partial charge in [0.05, 0.1) is 0 Å². The molecule has 0 aliphatic heterocycles. The summed E-state index contributed by atoms with van der Waals surface area (Å²) < 4.78 is 1.04. The zero-order valence-electron chi connectivity index (χ0n) is 8.89. The second-order valence-corrected chi connectivity index (χ2v) is 4.26. The summed E-state index contributed by atoms with van der Waals surface area (Å²) in [6, 6.07) is 9.94. The largest absolute Gasteiger partial charge is 0.364 e. The van der Waals surface area contributed by atoms with Gasteiger partial charge in [0.2, 0.25) is 0 Å². The minimum atomic E-state index is 0.310. The van der Waals surface area contributed by atoms with Gasteiger partial charge in [-0.1, -0.05) is 28.1 Å². The monoisotopic (exact) mass is 288 g/mol. The maximum Gasteiger partial charge on any atom is 0.182 e. The predicted octanol–water partition coefficient (Wildman–Crippen LogP) is 2.72. The Morgan fingerprint density at radius 2 is 1.88 bits per heavy atom. The highest BCUT2D eigenvalue weighted by Crippen LogP contribution is 2.12. The summed E-state index contributed by atoms with van der Waals surface area (Å²) in [5.74, 6) is 0.512. The van der Waals surface area contributed by atoms with Gasteiger partial charge in [-0.2, -0.15) is 5.26 Å². The molecule has 0 fully saturated rings. The van der Waals surface area contributed by atoms with Crippen LogP contribution in [0.2, 0.25) is 0 Å². The Hall–Kier alpha value is -1.93. The molecule has 1 aromatic carbocycles. The SMILES string of the molecule is N#Cc1nccnc1NCc1ccc(Br)cc1. The van der Waals surface area contributed by atoms with Crippen molar-refractivity contribution in [3.8, 4) is 6.07 Å². The highest BCUT2D eigenvalue weighted by Gasteiger charge is 2.02. The minimum absolute atomic E-state index is 0.310. The molecule has 5 heteroatoms. The molecule has 0 saturated carbocycles. The van der Waals surface area contributed by atoms with Gasteiger partial charge in [0.25, 0.3) is 0 Å². The van der Waals surface area contributed by atoms with Crippen LogP contribution in [0, 0.1) is 11.3 Å². The molecule has 2 aromatic rings. The van der Waals surface area contributed by atoms with Crippen molar-refractivity contribution in [1.82, 2.24) is 9.97 Å². The molecule has 0 saturated heterocycles. The average Bonchev–Trinajstić information content (AvgIpc) is 2.38. The van der Waals surface area contributed by atoms with Gasteiger partial charge in [-0.05, 0) is 17.7 Å². The molecule has 4 nitrogen and oxygen atoms in total. The van der Waals surface area contributed by atoms with Gasteiger partial charge in [0.15, 0.2) is 11.5 Å². The molecule has 0 spiro atoms. The number of hydrogen-bond donors (Lipinski definition) is 1. The molecule has 1 heterocycles. The molecule has 84 valence electrons. The van der Waals surface area contributed by atoms with E-state index >= 15 is 0 Å². The van der Waals surface area contributed by atoms with E-state index in [0.29, 0.717) is 18.1 Å². The normalized spacial score (nSPS) is 9.65. The summed E-state index contributed by atoms with van der Waals surface area (Å²) in [5, 5.41) is 11.9. The third-order valence-corrected chi connectivity index (χ3v) is 2.71. The topological polar surface area (TPSA) is 61.6 Å². The van der Waals surface area contributed by atoms with E-state index in [1.807, 2.05) is 30.3 Å². The van der Waals surface area contributed by atoms with Gasteiger partial charge in [0, 0.05) is 23.4 Å². The fourth-order valence-corrected chi connectivity index (χ4v) is 1.60. The van der Waals surface area contributed by atoms with Crippen LogP contribution in [-0.2, 0) is 6.54 Å². The molecular formula is C12H9BrN4. The molecule has 0 unspecified atom stereocenters. The van der Waals surface area contributed by atoms with Crippen LogP contribution in [0.15, 0.2) is 41.1 Å². The summed E-state index contributed by atoms with van der Waals surface area (Å²) in [6.07, 6.45) is 3.06. The Bertz CT molecular complexity index is 545. The van der Waals surface area contributed by atoms with E-state index < -0.39 is 0 Å². The van der Waals surface area contributed by atoms with Crippen molar-refractivity contribution in [3.05, 3.63) is 52.4 Å². The number of nitrogens with one attached hydrogen (secondary N) is 1. The second-order valence-electron chi connectivity index (χ2n) is 3.35. The first kappa shape index (κ1) is 11.6. The lowest BCUT2D eigenvalue weighted by molar-refractivity contribution is 1.07. The molecule has 0 atom stereocenters. The van der Waals surface area contributed by atoms with Crippen molar-refractivity contribution in [3.63, 3.8) is 0 Å². The van der Waals surface area contributed by atoms with E-state index in [9.17, 15) is 0 Å². The number of rotatable bonds is 3. The van der Waals surface area contributed by atoms with Crippen LogP contribution in [0.25, 0.3) is 0 Å². The summed E-state index contributed by atoms with van der Waals surface area (Å²) in [7, 11) is 0. The molecule has 17 heavy (non-hydrogen) atoms. The van der Waals surface area contributed by atoms with E-state index in [-0.39, 0.29) is 0 Å². The number of nitrogens with zero attached hydrogens (tertiary/aromatic N) is 3. The van der Waals surface area contributed by atoms with Crippen LogP contribution in [0.5, 0.6) is 0 Å². The van der Waals surface area contributed by atoms with E-state index in [4.69, 9.17) is 5.26 Å². The average molecular weight is 289 g/mol. The van der Waals surface area contributed by atoms with Crippen LogP contribution < -0.4 is 5.32 Å². The van der Waals surface area contributed by atoms with E-state index in [0.717, 1.165) is 10.0 Å². The quantitative estimate of drug-likeness (QED) is 0.943. The van der Waals surface area contributed by atoms with Gasteiger partial charge in [-0.3, -0.25) is 0 Å². The van der Waals surface area contributed by atoms with Gasteiger partial charge in [-0.25, -0.2) is 9.97 Å². The van der Waals surface area contributed by atoms with Gasteiger partial charge < -0.3 is 5.32 Å². The van der Waals surface area contributed by atoms with Crippen molar-refractivity contribution >= 4 is 21.7 Å². The Balaban J connectivity index is 2.08. The molecule has 0 bridgehead atoms. The highest BCUT2D eigenvalue weighted by molar-refractivity contribution is 9.10. The molecule has 0 aliphatic rings. The maximum atomic E-state index is 8.85. The van der Waals surface area contributed by atoms with E-state index in [2.05, 4.69) is 31.2 Å². The number of anilines is 1. The summed E-state index contributed by atoms with van der Waals surface area (Å²) in [6.45, 7) is 0.612. The van der Waals surface area contributed by atoms with Crippen molar-refractivity contribution in [2.75, 3.05) is 5.32 Å². The molecule has 2 rings (SSSR count). The fourth-order valence-electron chi connectivity index (χ4n) is 1.34. The first-order valence-corrected chi connectivity index (χ1v) is 5.78. The van der Waals surface area contributed by atoms with Crippen molar-refractivity contribution in [2.24, 2.45) is 0 Å². The van der Waals surface area contributed by atoms with Gasteiger partial charge in [0.1, 0.15) is 6.07 Å².